The summed E-state index contributed by atoms with van der Waals surface area (Å²) in [6.07, 6.45) is 0.586. The molecule has 0 bridgehead atoms. The van der Waals surface area contributed by atoms with E-state index in [1.54, 1.807) is 18.2 Å². The van der Waals surface area contributed by atoms with Gasteiger partial charge in [-0.25, -0.2) is 4.99 Å². The van der Waals surface area contributed by atoms with Crippen molar-refractivity contribution in [2.45, 2.75) is 44.4 Å². The molecule has 27 heavy (non-hydrogen) atoms. The number of para-hydroxylation sites is 1. The van der Waals surface area contributed by atoms with Gasteiger partial charge in [0, 0.05) is 6.07 Å². The zero-order valence-corrected chi connectivity index (χ0v) is 15.6. The van der Waals surface area contributed by atoms with Crippen LogP contribution in [-0.2, 0) is 21.5 Å². The third-order valence-electron chi connectivity index (χ3n) is 5.09. The van der Waals surface area contributed by atoms with Gasteiger partial charge in [-0.15, -0.1) is 0 Å². The number of nitro benzene ring substituents is 1. The normalized spacial score (nSPS) is 25.6. The number of aryl methyl sites for hydroxylation is 1. The Bertz CT molecular complexity index is 920. The minimum Gasteiger partial charge on any atom is -0.476 e. The first-order valence-electron chi connectivity index (χ1n) is 9.11. The Morgan fingerprint density at radius 1 is 1.19 bits per heavy atom. The van der Waals surface area contributed by atoms with Crippen LogP contribution in [0.1, 0.15) is 43.6 Å². The molecule has 1 fully saturated rings. The number of epoxide rings is 1. The number of nitrogens with zero attached hydrogens (tertiary/aromatic N) is 2. The molecule has 0 spiro atoms. The predicted octanol–water partition coefficient (Wildman–Crippen LogP) is 4.33. The number of hydrogen-bond acceptors (Lipinski definition) is 5. The lowest BCUT2D eigenvalue weighted by molar-refractivity contribution is -0.385. The zero-order valence-electron chi connectivity index (χ0n) is 15.6. The Kier molecular flexibility index (Phi) is 4.03. The van der Waals surface area contributed by atoms with Crippen LogP contribution in [0.5, 0.6) is 0 Å². The monoisotopic (exact) mass is 366 g/mol. The van der Waals surface area contributed by atoms with E-state index in [0.29, 0.717) is 18.1 Å². The van der Waals surface area contributed by atoms with Crippen molar-refractivity contribution in [2.75, 3.05) is 6.61 Å². The first kappa shape index (κ1) is 17.7. The van der Waals surface area contributed by atoms with Gasteiger partial charge in [-0.3, -0.25) is 10.1 Å². The van der Waals surface area contributed by atoms with Crippen molar-refractivity contribution >= 4 is 11.6 Å². The van der Waals surface area contributed by atoms with Gasteiger partial charge in [-0.2, -0.15) is 0 Å². The lowest BCUT2D eigenvalue weighted by atomic mass is 9.89. The number of aliphatic imine (C=N–C) groups is 1. The van der Waals surface area contributed by atoms with Gasteiger partial charge in [0.05, 0.1) is 16.0 Å². The topological polar surface area (TPSA) is 77.3 Å². The molecule has 0 aliphatic carbocycles. The van der Waals surface area contributed by atoms with Crippen molar-refractivity contribution in [3.63, 3.8) is 0 Å². The third kappa shape index (κ3) is 2.90. The first-order chi connectivity index (χ1) is 12.9. The highest BCUT2D eigenvalue weighted by Gasteiger charge is 2.67. The highest BCUT2D eigenvalue weighted by molar-refractivity contribution is 5.93. The Hall–Kier alpha value is -2.73. The van der Waals surface area contributed by atoms with Crippen LogP contribution in [0.3, 0.4) is 0 Å². The van der Waals surface area contributed by atoms with E-state index in [0.717, 1.165) is 12.0 Å². The molecular formula is C21H22N2O4. The van der Waals surface area contributed by atoms with E-state index in [-0.39, 0.29) is 22.3 Å². The third-order valence-corrected chi connectivity index (χ3v) is 5.09. The molecule has 6 heteroatoms. The second-order valence-corrected chi connectivity index (χ2v) is 7.62. The van der Waals surface area contributed by atoms with Crippen molar-refractivity contribution in [3.05, 3.63) is 75.3 Å². The van der Waals surface area contributed by atoms with Crippen molar-refractivity contribution in [3.8, 4) is 0 Å². The maximum atomic E-state index is 11.6. The number of hydrogen-bond donors (Lipinski definition) is 0. The van der Waals surface area contributed by atoms with Crippen LogP contribution < -0.4 is 0 Å². The van der Waals surface area contributed by atoms with E-state index in [4.69, 9.17) is 9.47 Å². The van der Waals surface area contributed by atoms with Gasteiger partial charge in [0.2, 0.25) is 11.5 Å². The molecule has 0 radical (unpaired) electrons. The summed E-state index contributed by atoms with van der Waals surface area (Å²) in [6, 6.07) is 14.8. The Morgan fingerprint density at radius 2 is 1.89 bits per heavy atom. The molecule has 2 atom stereocenters. The molecule has 2 aromatic rings. The predicted molar refractivity (Wildman–Crippen MR) is 102 cm³/mol. The second kappa shape index (κ2) is 6.16. The minimum absolute atomic E-state index is 0.0150. The number of ether oxygens (including phenoxy) is 2. The average molecular weight is 366 g/mol. The van der Waals surface area contributed by atoms with Gasteiger partial charge in [0.25, 0.3) is 5.69 Å². The van der Waals surface area contributed by atoms with Crippen LogP contribution in [0.2, 0.25) is 0 Å². The van der Waals surface area contributed by atoms with E-state index >= 15 is 0 Å². The Balaban J connectivity index is 1.83. The van der Waals surface area contributed by atoms with Crippen LogP contribution >= 0.6 is 0 Å². The molecule has 0 N–H and O–H groups in total. The second-order valence-electron chi connectivity index (χ2n) is 7.62. The molecule has 2 aromatic carbocycles. The van der Waals surface area contributed by atoms with Crippen molar-refractivity contribution in [1.29, 1.82) is 0 Å². The molecule has 2 heterocycles. The van der Waals surface area contributed by atoms with Crippen LogP contribution in [0.25, 0.3) is 0 Å². The van der Waals surface area contributed by atoms with E-state index in [9.17, 15) is 10.1 Å². The lowest BCUT2D eigenvalue weighted by Crippen LogP contribution is -2.25. The molecule has 0 aromatic heterocycles. The fourth-order valence-corrected chi connectivity index (χ4v) is 3.59. The summed E-state index contributed by atoms with van der Waals surface area (Å²) in [7, 11) is 0. The molecule has 2 aliphatic heterocycles. The number of rotatable bonds is 5. The molecule has 2 aliphatic rings. The van der Waals surface area contributed by atoms with Crippen LogP contribution in [0.15, 0.2) is 53.5 Å². The molecule has 0 saturated carbocycles. The number of benzene rings is 2. The molecular weight excluding hydrogens is 344 g/mol. The molecule has 6 nitrogen and oxygen atoms in total. The van der Waals surface area contributed by atoms with Gasteiger partial charge in [-0.1, -0.05) is 43.3 Å². The summed E-state index contributed by atoms with van der Waals surface area (Å²) in [5, 5.41) is 11.6. The van der Waals surface area contributed by atoms with Gasteiger partial charge in [0.1, 0.15) is 12.7 Å². The lowest BCUT2D eigenvalue weighted by Gasteiger charge is -2.14. The van der Waals surface area contributed by atoms with Crippen LogP contribution in [0.4, 0.5) is 5.69 Å². The SMILES string of the molecule is CCc1ccc([C@@H]2O[C@]2(C2=NC(C)(C)CO2)c2ccccc2[N+](=O)[O-])cc1. The Morgan fingerprint density at radius 3 is 2.48 bits per heavy atom. The van der Waals surface area contributed by atoms with Crippen molar-refractivity contribution in [1.82, 2.24) is 0 Å². The Labute approximate surface area is 158 Å². The number of nitro groups is 1. The molecule has 140 valence electrons. The van der Waals surface area contributed by atoms with E-state index in [2.05, 4.69) is 24.0 Å². The summed E-state index contributed by atoms with van der Waals surface area (Å²) in [5.74, 6) is 0.423. The molecule has 0 unspecified atom stereocenters. The zero-order chi connectivity index (χ0) is 19.2. The van der Waals surface area contributed by atoms with Crippen molar-refractivity contribution in [2.24, 2.45) is 4.99 Å². The van der Waals surface area contributed by atoms with E-state index < -0.39 is 5.60 Å². The molecule has 1 saturated heterocycles. The fourth-order valence-electron chi connectivity index (χ4n) is 3.59. The highest BCUT2D eigenvalue weighted by Crippen LogP contribution is 2.60. The largest absolute Gasteiger partial charge is 0.476 e. The molecule has 4 rings (SSSR count). The van der Waals surface area contributed by atoms with Gasteiger partial charge in [-0.05, 0) is 37.5 Å². The van der Waals surface area contributed by atoms with Crippen LogP contribution in [0, 0.1) is 10.1 Å². The smallest absolute Gasteiger partial charge is 0.276 e. The standard InChI is InChI=1S/C21H22N2O4/c1-4-14-9-11-15(12-10-14)18-21(27-18,19-22-20(2,3)13-26-19)16-7-5-6-8-17(16)23(24)25/h5-12,18H,4,13H2,1-3H3/t18-,21+/m0/s1. The summed E-state index contributed by atoms with van der Waals surface area (Å²) >= 11 is 0. The maximum Gasteiger partial charge on any atom is 0.276 e. The van der Waals surface area contributed by atoms with Crippen LogP contribution in [-0.4, -0.2) is 23.0 Å². The average Bonchev–Trinajstić information content (AvgIpc) is 3.32. The fraction of sp³-hybridized carbons (Fsp3) is 0.381. The summed E-state index contributed by atoms with van der Waals surface area (Å²) in [4.78, 5) is 15.9. The minimum atomic E-state index is -1.05. The molecule has 0 amide bonds. The summed E-state index contributed by atoms with van der Waals surface area (Å²) < 4.78 is 12.0. The van der Waals surface area contributed by atoms with E-state index in [1.165, 1.54) is 11.6 Å². The van der Waals surface area contributed by atoms with Gasteiger partial charge in [0.15, 0.2) is 0 Å². The highest BCUT2D eigenvalue weighted by atomic mass is 16.6. The van der Waals surface area contributed by atoms with Gasteiger partial charge >= 0.3 is 0 Å². The summed E-state index contributed by atoms with van der Waals surface area (Å²) in [5.41, 5.74) is 1.25. The quantitative estimate of drug-likeness (QED) is 0.448. The van der Waals surface area contributed by atoms with E-state index in [1.807, 2.05) is 26.0 Å². The first-order valence-corrected chi connectivity index (χ1v) is 9.11. The summed E-state index contributed by atoms with van der Waals surface area (Å²) in [6.45, 7) is 6.47. The van der Waals surface area contributed by atoms with Gasteiger partial charge < -0.3 is 9.47 Å². The van der Waals surface area contributed by atoms with Crippen molar-refractivity contribution < 1.29 is 14.4 Å². The maximum absolute atomic E-state index is 11.6.